The lowest BCUT2D eigenvalue weighted by Gasteiger charge is -2.31. The highest BCUT2D eigenvalue weighted by Crippen LogP contribution is 2.33. The van der Waals surface area contributed by atoms with E-state index >= 15 is 0 Å². The molecule has 0 unspecified atom stereocenters. The molecule has 2 aliphatic rings. The van der Waals surface area contributed by atoms with Crippen LogP contribution >= 0.6 is 0 Å². The molecule has 1 N–H and O–H groups in total. The maximum atomic E-state index is 12.9. The molecule has 0 spiro atoms. The Morgan fingerprint density at radius 1 is 1.06 bits per heavy atom. The Morgan fingerprint density at radius 2 is 1.72 bits per heavy atom. The Hall–Kier alpha value is -2.58. The van der Waals surface area contributed by atoms with Crippen LogP contribution in [0.25, 0.3) is 0 Å². The average molecular weight is 459 g/mol. The van der Waals surface area contributed by atoms with Gasteiger partial charge in [0, 0.05) is 19.5 Å². The first-order valence-electron chi connectivity index (χ1n) is 11.1. The van der Waals surface area contributed by atoms with Gasteiger partial charge in [0.1, 0.15) is 13.2 Å². The second kappa shape index (κ2) is 9.50. The van der Waals surface area contributed by atoms with Crippen molar-refractivity contribution < 1.29 is 22.7 Å². The normalized spacial score (nSPS) is 18.2. The molecular formula is C24H30N2O5S. The average Bonchev–Trinajstić information content (AvgIpc) is 2.79. The summed E-state index contributed by atoms with van der Waals surface area (Å²) in [6.45, 7) is 5.82. The van der Waals surface area contributed by atoms with E-state index < -0.39 is 10.0 Å². The molecule has 0 aromatic heterocycles. The van der Waals surface area contributed by atoms with Crippen LogP contribution in [0.1, 0.15) is 43.4 Å². The number of rotatable bonds is 6. The van der Waals surface area contributed by atoms with E-state index in [0.29, 0.717) is 56.2 Å². The molecule has 0 radical (unpaired) electrons. The summed E-state index contributed by atoms with van der Waals surface area (Å²) >= 11 is 0. The minimum atomic E-state index is -3.48. The number of fused-ring (bicyclic) bond motifs is 1. The minimum Gasteiger partial charge on any atom is -0.486 e. The fourth-order valence-electron chi connectivity index (χ4n) is 4.19. The molecule has 1 amide bonds. The van der Waals surface area contributed by atoms with Crippen LogP contribution in [-0.2, 0) is 14.8 Å². The number of nitrogens with zero attached hydrogens (tertiary/aromatic N) is 1. The van der Waals surface area contributed by atoms with E-state index in [-0.39, 0.29) is 17.9 Å². The van der Waals surface area contributed by atoms with Gasteiger partial charge in [-0.3, -0.25) is 4.79 Å². The zero-order chi connectivity index (χ0) is 22.7. The Bertz CT molecular complexity index is 1060. The third-order valence-electron chi connectivity index (χ3n) is 6.15. The van der Waals surface area contributed by atoms with Gasteiger partial charge in [0.15, 0.2) is 11.5 Å². The topological polar surface area (TPSA) is 84.9 Å². The number of aryl methyl sites for hydroxylation is 1. The number of sulfonamides is 1. The Kier molecular flexibility index (Phi) is 6.71. The van der Waals surface area contributed by atoms with Crippen molar-refractivity contribution in [3.05, 3.63) is 53.6 Å². The smallest absolute Gasteiger partial charge is 0.243 e. The summed E-state index contributed by atoms with van der Waals surface area (Å²) in [5, 5.41) is 3.06. The molecule has 1 fully saturated rings. The first-order valence-corrected chi connectivity index (χ1v) is 12.5. The molecule has 2 aliphatic heterocycles. The van der Waals surface area contributed by atoms with Gasteiger partial charge in [0.05, 0.1) is 10.9 Å². The zero-order valence-electron chi connectivity index (χ0n) is 18.5. The van der Waals surface area contributed by atoms with Crippen LogP contribution in [0.15, 0.2) is 47.4 Å². The molecule has 172 valence electrons. The largest absolute Gasteiger partial charge is 0.486 e. The van der Waals surface area contributed by atoms with Gasteiger partial charge >= 0.3 is 0 Å². The molecule has 4 rings (SSSR count). The van der Waals surface area contributed by atoms with E-state index in [4.69, 9.17) is 9.47 Å². The summed E-state index contributed by atoms with van der Waals surface area (Å²) in [7, 11) is -3.48. The number of carbonyl (C=O) groups is 1. The van der Waals surface area contributed by atoms with Gasteiger partial charge in [-0.25, -0.2) is 8.42 Å². The van der Waals surface area contributed by atoms with E-state index in [9.17, 15) is 13.2 Å². The van der Waals surface area contributed by atoms with Crippen LogP contribution in [0.3, 0.4) is 0 Å². The SMILES string of the molecule is Cc1ccc(S(=O)(=O)N2CCC(CC(=O)N[C@@H](C)c3ccc4c(c3)OCCO4)CC2)cc1. The van der Waals surface area contributed by atoms with Gasteiger partial charge in [-0.1, -0.05) is 23.8 Å². The summed E-state index contributed by atoms with van der Waals surface area (Å²) in [6, 6.07) is 12.5. The van der Waals surface area contributed by atoms with Crippen molar-refractivity contribution in [3.63, 3.8) is 0 Å². The maximum absolute atomic E-state index is 12.9. The lowest BCUT2D eigenvalue weighted by atomic mass is 9.94. The quantitative estimate of drug-likeness (QED) is 0.717. The van der Waals surface area contributed by atoms with Crippen LogP contribution in [-0.4, -0.2) is 44.9 Å². The molecule has 7 nitrogen and oxygen atoms in total. The summed E-state index contributed by atoms with van der Waals surface area (Å²) < 4.78 is 38.4. The van der Waals surface area contributed by atoms with Gasteiger partial charge in [0.25, 0.3) is 0 Å². The number of amides is 1. The highest BCUT2D eigenvalue weighted by molar-refractivity contribution is 7.89. The number of benzene rings is 2. The highest BCUT2D eigenvalue weighted by Gasteiger charge is 2.30. The number of nitrogens with one attached hydrogen (secondary N) is 1. The van der Waals surface area contributed by atoms with Gasteiger partial charge in [-0.15, -0.1) is 0 Å². The molecule has 1 atom stereocenters. The van der Waals surface area contributed by atoms with Crippen LogP contribution in [0.5, 0.6) is 11.5 Å². The number of hydrogen-bond donors (Lipinski definition) is 1. The van der Waals surface area contributed by atoms with Crippen LogP contribution in [0.4, 0.5) is 0 Å². The van der Waals surface area contributed by atoms with Gasteiger partial charge < -0.3 is 14.8 Å². The van der Waals surface area contributed by atoms with Crippen molar-refractivity contribution in [1.82, 2.24) is 9.62 Å². The molecule has 2 aromatic carbocycles. The standard InChI is InChI=1S/C24H30N2O5S/c1-17-3-6-21(7-4-17)32(28,29)26-11-9-19(10-12-26)15-24(27)25-18(2)20-5-8-22-23(16-20)31-14-13-30-22/h3-8,16,18-19H,9-15H2,1-2H3,(H,25,27)/t18-/m0/s1. The van der Waals surface area contributed by atoms with Crippen molar-refractivity contribution in [2.45, 2.75) is 44.0 Å². The first-order chi connectivity index (χ1) is 15.3. The fourth-order valence-corrected chi connectivity index (χ4v) is 5.66. The van der Waals surface area contributed by atoms with E-state index in [1.165, 1.54) is 4.31 Å². The van der Waals surface area contributed by atoms with Gasteiger partial charge in [-0.05, 0) is 62.4 Å². The highest BCUT2D eigenvalue weighted by atomic mass is 32.2. The predicted octanol–water partition coefficient (Wildman–Crippen LogP) is 3.43. The molecule has 0 bridgehead atoms. The van der Waals surface area contributed by atoms with Crippen molar-refractivity contribution in [2.75, 3.05) is 26.3 Å². The lowest BCUT2D eigenvalue weighted by molar-refractivity contribution is -0.122. The number of ether oxygens (including phenoxy) is 2. The monoisotopic (exact) mass is 458 g/mol. The fraction of sp³-hybridized carbons (Fsp3) is 0.458. The van der Waals surface area contributed by atoms with Crippen molar-refractivity contribution >= 4 is 15.9 Å². The minimum absolute atomic E-state index is 0.0211. The lowest BCUT2D eigenvalue weighted by Crippen LogP contribution is -2.39. The van der Waals surface area contributed by atoms with Gasteiger partial charge in [-0.2, -0.15) is 4.31 Å². The second-order valence-corrected chi connectivity index (χ2v) is 10.5. The predicted molar refractivity (Wildman–Crippen MR) is 121 cm³/mol. The molecule has 8 heteroatoms. The van der Waals surface area contributed by atoms with Crippen LogP contribution < -0.4 is 14.8 Å². The third-order valence-corrected chi connectivity index (χ3v) is 8.06. The number of carbonyl (C=O) groups excluding carboxylic acids is 1. The molecule has 32 heavy (non-hydrogen) atoms. The Balaban J connectivity index is 1.28. The van der Waals surface area contributed by atoms with Crippen LogP contribution in [0, 0.1) is 12.8 Å². The molecule has 0 aliphatic carbocycles. The number of piperidine rings is 1. The molecule has 2 aromatic rings. The molecule has 2 heterocycles. The van der Waals surface area contributed by atoms with E-state index in [2.05, 4.69) is 5.32 Å². The molecule has 1 saturated heterocycles. The molecule has 0 saturated carbocycles. The van der Waals surface area contributed by atoms with Crippen molar-refractivity contribution in [3.8, 4) is 11.5 Å². The summed E-state index contributed by atoms with van der Waals surface area (Å²) in [5.41, 5.74) is 1.99. The van der Waals surface area contributed by atoms with Crippen molar-refractivity contribution in [1.29, 1.82) is 0 Å². The van der Waals surface area contributed by atoms with Crippen molar-refractivity contribution in [2.24, 2.45) is 5.92 Å². The van der Waals surface area contributed by atoms with Gasteiger partial charge in [0.2, 0.25) is 15.9 Å². The summed E-state index contributed by atoms with van der Waals surface area (Å²) in [6.07, 6.45) is 1.75. The van der Waals surface area contributed by atoms with E-state index in [1.807, 2.05) is 44.2 Å². The Labute approximate surface area is 189 Å². The maximum Gasteiger partial charge on any atom is 0.243 e. The number of hydrogen-bond acceptors (Lipinski definition) is 5. The Morgan fingerprint density at radius 3 is 2.41 bits per heavy atom. The van der Waals surface area contributed by atoms with E-state index in [1.54, 1.807) is 12.1 Å². The molecular weight excluding hydrogens is 428 g/mol. The second-order valence-electron chi connectivity index (χ2n) is 8.56. The van der Waals surface area contributed by atoms with Crippen LogP contribution in [0.2, 0.25) is 0 Å². The zero-order valence-corrected chi connectivity index (χ0v) is 19.4. The first kappa shape index (κ1) is 22.6. The summed E-state index contributed by atoms with van der Waals surface area (Å²) in [4.78, 5) is 12.9. The summed E-state index contributed by atoms with van der Waals surface area (Å²) in [5.74, 6) is 1.59. The van der Waals surface area contributed by atoms with E-state index in [0.717, 1.165) is 16.9 Å². The third kappa shape index (κ3) is 5.07.